The van der Waals surface area contributed by atoms with Crippen LogP contribution in [0.4, 0.5) is 0 Å². The van der Waals surface area contributed by atoms with Crippen LogP contribution in [0.2, 0.25) is 13.1 Å². The molecule has 0 unspecified atom stereocenters. The molecule has 0 N–H and O–H groups in total. The molecule has 34 heavy (non-hydrogen) atoms. The smallest absolute Gasteiger partial charge is 0.0340 e. The number of aryl methyl sites for hydroxylation is 4. The Morgan fingerprint density at radius 2 is 1.00 bits per heavy atom. The molecule has 4 heteroatoms. The molecule has 0 amide bonds. The molecule has 2 fully saturated rings. The number of benzene rings is 2. The Hall–Kier alpha value is -0.673. The summed E-state index contributed by atoms with van der Waals surface area (Å²) in [5.74, 6) is 1.75. The van der Waals surface area contributed by atoms with Crippen molar-refractivity contribution in [2.75, 3.05) is 0 Å². The topological polar surface area (TPSA) is 0 Å². The monoisotopic (exact) mass is 674 g/mol. The van der Waals surface area contributed by atoms with E-state index in [-0.39, 0.29) is 5.49 Å². The summed E-state index contributed by atoms with van der Waals surface area (Å²) in [5, 5.41) is 5.86. The van der Waals surface area contributed by atoms with Crippen molar-refractivity contribution in [2.45, 2.75) is 78.3 Å². The maximum absolute atomic E-state index is 5.64. The number of hydrogen-bond acceptors (Lipinski definition) is 0. The van der Waals surface area contributed by atoms with Crippen LogP contribution >= 0.6 is 17.2 Å². The number of hydrogen-bond donors (Lipinski definition) is 0. The van der Waals surface area contributed by atoms with E-state index in [1.165, 1.54) is 69.5 Å². The number of halogens is 2. The molecule has 4 aromatic carbocycles. The van der Waals surface area contributed by atoms with E-state index in [9.17, 15) is 0 Å². The number of rotatable bonds is 2. The molecule has 0 aliphatic heterocycles. The molecular formula is C30H36Cl2HfSi-2. The minimum Gasteiger partial charge on any atom is -0.164 e. The second kappa shape index (κ2) is 11.2. The number of fused-ring (bicyclic) bond motifs is 2. The summed E-state index contributed by atoms with van der Waals surface area (Å²) in [6.07, 6.45) is 5.59. The van der Waals surface area contributed by atoms with Crippen molar-refractivity contribution in [1.29, 1.82) is 0 Å². The van der Waals surface area contributed by atoms with Crippen LogP contribution in [-0.4, -0.2) is 5.49 Å². The van der Waals surface area contributed by atoms with Gasteiger partial charge in [-0.3, -0.25) is 0 Å². The molecule has 2 saturated carbocycles. The molecule has 0 radical (unpaired) electrons. The molecule has 0 bridgehead atoms. The Balaban J connectivity index is 0.000000132. The maximum Gasteiger partial charge on any atom is -0.0340 e. The van der Waals surface area contributed by atoms with Gasteiger partial charge in [0.25, 0.3) is 0 Å². The molecule has 4 aromatic rings. The molecule has 0 saturated heterocycles. The summed E-state index contributed by atoms with van der Waals surface area (Å²) in [6, 6.07) is 18.5. The first-order valence-corrected chi connectivity index (χ1v) is 29.3. The summed E-state index contributed by atoms with van der Waals surface area (Å²) >= 11 is -1.78. The van der Waals surface area contributed by atoms with E-state index in [2.05, 4.69) is 89.3 Å². The van der Waals surface area contributed by atoms with Crippen LogP contribution < -0.4 is 0 Å². The van der Waals surface area contributed by atoms with E-state index in [4.69, 9.17) is 17.2 Å². The summed E-state index contributed by atoms with van der Waals surface area (Å²) in [6.45, 7) is 13.2. The van der Waals surface area contributed by atoms with Gasteiger partial charge >= 0.3 is 53.4 Å². The second-order valence-electron chi connectivity index (χ2n) is 10.4. The van der Waals surface area contributed by atoms with Crippen molar-refractivity contribution in [2.24, 2.45) is 0 Å². The third kappa shape index (κ3) is 6.36. The molecular weight excluding hydrogens is 638 g/mol. The first-order chi connectivity index (χ1) is 16.2. The summed E-state index contributed by atoms with van der Waals surface area (Å²) in [5.41, 5.74) is 8.58. The molecule has 2 aliphatic carbocycles. The van der Waals surface area contributed by atoms with E-state index in [0.29, 0.717) is 0 Å². The fourth-order valence-electron chi connectivity index (χ4n) is 4.53. The van der Waals surface area contributed by atoms with Crippen molar-refractivity contribution >= 4 is 44.2 Å². The van der Waals surface area contributed by atoms with Crippen molar-refractivity contribution in [3.63, 3.8) is 0 Å². The zero-order valence-electron chi connectivity index (χ0n) is 21.4. The molecule has 0 aromatic heterocycles. The average molecular weight is 674 g/mol. The van der Waals surface area contributed by atoms with Crippen LogP contribution in [0, 0.1) is 27.7 Å². The van der Waals surface area contributed by atoms with Gasteiger partial charge in [-0.05, 0) is 51.4 Å². The average Bonchev–Trinajstić information content (AvgIpc) is 3.74. The Labute approximate surface area is 220 Å². The molecule has 0 nitrogen and oxygen atoms in total. The third-order valence-corrected chi connectivity index (χ3v) is 34.6. The standard InChI is InChI=1S/2C14H15.C2H6Si.2ClH.Hf/c2*1-9-3-4-10(2)14-8-12(7-13(9)14)11-5-6-11;1-3-2;;;/h2*3-4,7-8,11H,5-6H2,1-2H3;1-2H3;2*1H;/q2*-1;;;;+2/p-2. The van der Waals surface area contributed by atoms with Crippen molar-refractivity contribution in [3.8, 4) is 0 Å². The SMILES string of the molecule is C[Si](C)=[Hf]([Cl])[Cl].Cc1ccc(C)c2[cH-]c(C3CC3)cc12.Cc1ccc(C)c2[cH-]c(C3CC3)cc12. The van der Waals surface area contributed by atoms with Crippen molar-refractivity contribution < 1.29 is 17.7 Å². The van der Waals surface area contributed by atoms with Gasteiger partial charge in [0.2, 0.25) is 0 Å². The largest absolute Gasteiger partial charge is 0.164 e. The zero-order chi connectivity index (χ0) is 24.6. The predicted molar refractivity (Wildman–Crippen MR) is 151 cm³/mol. The van der Waals surface area contributed by atoms with E-state index < -0.39 is 17.7 Å². The van der Waals surface area contributed by atoms with Crippen LogP contribution in [0.25, 0.3) is 21.5 Å². The van der Waals surface area contributed by atoms with Gasteiger partial charge in [-0.25, -0.2) is 0 Å². The summed E-state index contributed by atoms with van der Waals surface area (Å²) < 4.78 is 0. The third-order valence-electron chi connectivity index (χ3n) is 7.17. The van der Waals surface area contributed by atoms with E-state index >= 15 is 0 Å². The summed E-state index contributed by atoms with van der Waals surface area (Å²) in [4.78, 5) is 0. The van der Waals surface area contributed by atoms with Crippen LogP contribution in [-0.2, 0) is 17.7 Å². The zero-order valence-corrected chi connectivity index (χ0v) is 27.5. The molecule has 0 atom stereocenters. The van der Waals surface area contributed by atoms with Crippen LogP contribution in [0.5, 0.6) is 0 Å². The second-order valence-corrected chi connectivity index (χ2v) is 42.1. The normalized spacial score (nSPS) is 14.9. The van der Waals surface area contributed by atoms with Gasteiger partial charge < -0.3 is 0 Å². The Bertz CT molecular complexity index is 1160. The van der Waals surface area contributed by atoms with Gasteiger partial charge in [0.1, 0.15) is 0 Å². The molecule has 0 spiro atoms. The first-order valence-electron chi connectivity index (χ1n) is 12.5. The predicted octanol–water partition coefficient (Wildman–Crippen LogP) is 10.3. The van der Waals surface area contributed by atoms with E-state index in [1.54, 1.807) is 11.1 Å². The molecule has 0 heterocycles. The quantitative estimate of drug-likeness (QED) is 0.147. The van der Waals surface area contributed by atoms with Crippen LogP contribution in [0.3, 0.4) is 0 Å². The Kier molecular flexibility index (Phi) is 8.66. The van der Waals surface area contributed by atoms with E-state index in [1.807, 2.05) is 0 Å². The van der Waals surface area contributed by atoms with Gasteiger partial charge in [0, 0.05) is 0 Å². The van der Waals surface area contributed by atoms with Gasteiger partial charge in [0.15, 0.2) is 0 Å². The fraction of sp³-hybridized carbons (Fsp3) is 0.400. The minimum atomic E-state index is -1.78. The van der Waals surface area contributed by atoms with Crippen molar-refractivity contribution in [1.82, 2.24) is 0 Å². The Morgan fingerprint density at radius 1 is 0.676 bits per heavy atom. The summed E-state index contributed by atoms with van der Waals surface area (Å²) in [7, 11) is 11.3. The molecule has 180 valence electrons. The first kappa shape index (κ1) is 26.4. The molecule has 2 aliphatic rings. The van der Waals surface area contributed by atoms with Gasteiger partial charge in [-0.15, -0.1) is 68.1 Å². The van der Waals surface area contributed by atoms with Crippen LogP contribution in [0.15, 0.2) is 48.5 Å². The maximum atomic E-state index is 5.64. The minimum absolute atomic E-state index is 0.208. The van der Waals surface area contributed by atoms with E-state index in [0.717, 1.165) is 11.8 Å². The molecule has 6 rings (SSSR count). The van der Waals surface area contributed by atoms with Gasteiger partial charge in [0.05, 0.1) is 0 Å². The van der Waals surface area contributed by atoms with Crippen molar-refractivity contribution in [3.05, 3.63) is 81.9 Å². The van der Waals surface area contributed by atoms with Crippen LogP contribution in [0.1, 0.15) is 70.9 Å². The Morgan fingerprint density at radius 3 is 1.26 bits per heavy atom. The fourth-order valence-corrected chi connectivity index (χ4v) is 4.53. The van der Waals surface area contributed by atoms with Gasteiger partial charge in [-0.2, -0.15) is 12.1 Å². The van der Waals surface area contributed by atoms with Gasteiger partial charge in [-0.1, -0.05) is 37.1 Å².